The van der Waals surface area contributed by atoms with Crippen LogP contribution in [0.25, 0.3) is 0 Å². The van der Waals surface area contributed by atoms with Crippen LogP contribution in [-0.4, -0.2) is 38.6 Å². The van der Waals surface area contributed by atoms with Gasteiger partial charge in [0.25, 0.3) is 0 Å². The molecule has 2 heterocycles. The summed E-state index contributed by atoms with van der Waals surface area (Å²) in [6.45, 7) is 1.51. The molecule has 18 heavy (non-hydrogen) atoms. The molecule has 0 amide bonds. The summed E-state index contributed by atoms with van der Waals surface area (Å²) in [4.78, 5) is 7.97. The molecule has 0 unspecified atom stereocenters. The molecule has 8 heteroatoms. The lowest BCUT2D eigenvalue weighted by atomic mass is 10.4. The average Bonchev–Trinajstić information content (AvgIpc) is 2.89. The summed E-state index contributed by atoms with van der Waals surface area (Å²) in [7, 11) is 1.52. The van der Waals surface area contributed by atoms with Crippen LogP contribution >= 0.6 is 0 Å². The van der Waals surface area contributed by atoms with Gasteiger partial charge in [-0.15, -0.1) is 5.10 Å². The molecule has 8 nitrogen and oxygen atoms in total. The van der Waals surface area contributed by atoms with Crippen molar-refractivity contribution >= 4 is 11.5 Å². The largest absolute Gasteiger partial charge is 0.479 e. The Morgan fingerprint density at radius 3 is 3.06 bits per heavy atom. The molecule has 3 N–H and O–H groups in total. The van der Waals surface area contributed by atoms with Gasteiger partial charge in [-0.3, -0.25) is 4.68 Å². The van der Waals surface area contributed by atoms with E-state index in [4.69, 9.17) is 10.5 Å². The first kappa shape index (κ1) is 12.1. The SMILES string of the molecule is COc1ncnc(NCCCn2ccnn2)c1N. The molecule has 96 valence electrons. The van der Waals surface area contributed by atoms with Crippen LogP contribution in [0.15, 0.2) is 18.7 Å². The van der Waals surface area contributed by atoms with Crippen LogP contribution in [0.2, 0.25) is 0 Å². The highest BCUT2D eigenvalue weighted by Gasteiger charge is 2.07. The van der Waals surface area contributed by atoms with Crippen molar-refractivity contribution in [1.82, 2.24) is 25.0 Å². The fraction of sp³-hybridized carbons (Fsp3) is 0.400. The topological polar surface area (TPSA) is 104 Å². The van der Waals surface area contributed by atoms with Crippen molar-refractivity contribution in [3.63, 3.8) is 0 Å². The Morgan fingerprint density at radius 1 is 1.44 bits per heavy atom. The number of nitrogen functional groups attached to an aromatic ring is 1. The Morgan fingerprint density at radius 2 is 2.33 bits per heavy atom. The Labute approximate surface area is 104 Å². The maximum Gasteiger partial charge on any atom is 0.242 e. The number of aryl methyl sites for hydroxylation is 1. The predicted molar refractivity (Wildman–Crippen MR) is 66.1 cm³/mol. The van der Waals surface area contributed by atoms with E-state index < -0.39 is 0 Å². The van der Waals surface area contributed by atoms with Crippen molar-refractivity contribution in [2.45, 2.75) is 13.0 Å². The zero-order valence-corrected chi connectivity index (χ0v) is 10.1. The second kappa shape index (κ2) is 5.80. The number of anilines is 2. The maximum absolute atomic E-state index is 5.83. The fourth-order valence-corrected chi connectivity index (χ4v) is 1.48. The van der Waals surface area contributed by atoms with E-state index in [1.165, 1.54) is 13.4 Å². The third-order valence-corrected chi connectivity index (χ3v) is 2.37. The summed E-state index contributed by atoms with van der Waals surface area (Å²) in [5.74, 6) is 0.962. The first-order valence-electron chi connectivity index (χ1n) is 5.53. The molecule has 0 aliphatic rings. The monoisotopic (exact) mass is 249 g/mol. The van der Waals surface area contributed by atoms with Gasteiger partial charge in [0.1, 0.15) is 12.0 Å². The molecule has 0 saturated heterocycles. The Bertz CT molecular complexity index is 485. The van der Waals surface area contributed by atoms with E-state index in [1.54, 1.807) is 10.9 Å². The molecule has 2 aromatic heterocycles. The number of hydrogen-bond donors (Lipinski definition) is 2. The minimum absolute atomic E-state index is 0.378. The molecule has 0 aliphatic carbocycles. The number of nitrogens with one attached hydrogen (secondary N) is 1. The Hall–Kier alpha value is -2.38. The standard InChI is InChI=1S/C10H15N7O/c1-18-10-8(11)9(13-7-14-10)12-3-2-5-17-6-4-15-16-17/h4,6-7H,2-3,5,11H2,1H3,(H,12,13,14). The maximum atomic E-state index is 5.83. The molecular formula is C10H15N7O. The van der Waals surface area contributed by atoms with Gasteiger partial charge in [0.15, 0.2) is 5.82 Å². The van der Waals surface area contributed by atoms with Crippen LogP contribution in [0.4, 0.5) is 11.5 Å². The van der Waals surface area contributed by atoms with Crippen LogP contribution in [0.1, 0.15) is 6.42 Å². The van der Waals surface area contributed by atoms with Gasteiger partial charge >= 0.3 is 0 Å². The second-order valence-electron chi connectivity index (χ2n) is 3.59. The average molecular weight is 249 g/mol. The van der Waals surface area contributed by atoms with Crippen molar-refractivity contribution in [3.05, 3.63) is 18.7 Å². The zero-order chi connectivity index (χ0) is 12.8. The highest BCUT2D eigenvalue weighted by molar-refractivity contribution is 5.66. The van der Waals surface area contributed by atoms with E-state index in [-0.39, 0.29) is 0 Å². The van der Waals surface area contributed by atoms with Gasteiger partial charge in [0.2, 0.25) is 5.88 Å². The molecule has 0 atom stereocenters. The number of aromatic nitrogens is 5. The highest BCUT2D eigenvalue weighted by atomic mass is 16.5. The predicted octanol–water partition coefficient (Wildman–Crippen LogP) is 0.161. The van der Waals surface area contributed by atoms with E-state index in [0.717, 1.165) is 19.5 Å². The summed E-state index contributed by atoms with van der Waals surface area (Å²) < 4.78 is 6.78. The van der Waals surface area contributed by atoms with Gasteiger partial charge in [-0.05, 0) is 6.42 Å². The molecule has 0 aliphatic heterocycles. The first-order valence-corrected chi connectivity index (χ1v) is 5.53. The number of methoxy groups -OCH3 is 1. The van der Waals surface area contributed by atoms with Gasteiger partial charge in [0.05, 0.1) is 13.3 Å². The van der Waals surface area contributed by atoms with Crippen LogP contribution in [0, 0.1) is 0 Å². The quantitative estimate of drug-likeness (QED) is 0.703. The molecular weight excluding hydrogens is 234 g/mol. The lowest BCUT2D eigenvalue weighted by molar-refractivity contribution is 0.399. The highest BCUT2D eigenvalue weighted by Crippen LogP contribution is 2.23. The van der Waals surface area contributed by atoms with Gasteiger partial charge in [-0.1, -0.05) is 5.21 Å². The summed E-state index contributed by atoms with van der Waals surface area (Å²) in [6, 6.07) is 0. The summed E-state index contributed by atoms with van der Waals surface area (Å²) in [5.41, 5.74) is 6.25. The van der Waals surface area contributed by atoms with Crippen molar-refractivity contribution in [3.8, 4) is 5.88 Å². The fourth-order valence-electron chi connectivity index (χ4n) is 1.48. The molecule has 0 aromatic carbocycles. The minimum Gasteiger partial charge on any atom is -0.479 e. The number of hydrogen-bond acceptors (Lipinski definition) is 7. The van der Waals surface area contributed by atoms with E-state index in [2.05, 4.69) is 25.6 Å². The number of nitrogens with two attached hydrogens (primary N) is 1. The smallest absolute Gasteiger partial charge is 0.242 e. The Balaban J connectivity index is 1.83. The molecule has 0 radical (unpaired) electrons. The molecule has 2 aromatic rings. The molecule has 0 fully saturated rings. The van der Waals surface area contributed by atoms with Gasteiger partial charge in [-0.2, -0.15) is 4.98 Å². The first-order chi connectivity index (χ1) is 8.81. The number of ether oxygens (including phenoxy) is 1. The van der Waals surface area contributed by atoms with E-state index in [1.807, 2.05) is 6.20 Å². The molecule has 0 bridgehead atoms. The van der Waals surface area contributed by atoms with E-state index in [9.17, 15) is 0 Å². The van der Waals surface area contributed by atoms with Gasteiger partial charge in [-0.25, -0.2) is 4.98 Å². The zero-order valence-electron chi connectivity index (χ0n) is 10.1. The van der Waals surface area contributed by atoms with Crippen molar-refractivity contribution < 1.29 is 4.74 Å². The summed E-state index contributed by atoms with van der Waals surface area (Å²) in [5, 5.41) is 10.7. The number of rotatable bonds is 6. The van der Waals surface area contributed by atoms with Gasteiger partial charge in [0, 0.05) is 19.3 Å². The van der Waals surface area contributed by atoms with Crippen molar-refractivity contribution in [1.29, 1.82) is 0 Å². The normalized spacial score (nSPS) is 10.3. The minimum atomic E-state index is 0.378. The van der Waals surface area contributed by atoms with E-state index >= 15 is 0 Å². The molecule has 0 saturated carbocycles. The molecule has 0 spiro atoms. The van der Waals surface area contributed by atoms with Gasteiger partial charge < -0.3 is 15.8 Å². The third-order valence-electron chi connectivity index (χ3n) is 2.37. The second-order valence-corrected chi connectivity index (χ2v) is 3.59. The Kier molecular flexibility index (Phi) is 3.90. The molecule has 2 rings (SSSR count). The van der Waals surface area contributed by atoms with Crippen LogP contribution in [0.3, 0.4) is 0 Å². The summed E-state index contributed by atoms with van der Waals surface area (Å²) in [6.07, 6.45) is 5.77. The number of nitrogens with zero attached hydrogens (tertiary/aromatic N) is 5. The van der Waals surface area contributed by atoms with Crippen molar-refractivity contribution in [2.75, 3.05) is 24.7 Å². The van der Waals surface area contributed by atoms with Crippen LogP contribution in [0.5, 0.6) is 5.88 Å². The van der Waals surface area contributed by atoms with E-state index in [0.29, 0.717) is 17.4 Å². The van der Waals surface area contributed by atoms with Crippen molar-refractivity contribution in [2.24, 2.45) is 0 Å². The third kappa shape index (κ3) is 2.84. The van der Waals surface area contributed by atoms with Crippen LogP contribution in [-0.2, 0) is 6.54 Å². The van der Waals surface area contributed by atoms with Crippen LogP contribution < -0.4 is 15.8 Å². The lowest BCUT2D eigenvalue weighted by Gasteiger charge is -2.09. The lowest BCUT2D eigenvalue weighted by Crippen LogP contribution is -2.10. The summed E-state index contributed by atoms with van der Waals surface area (Å²) >= 11 is 0.